The molecule has 0 unspecified atom stereocenters. The molecule has 1 aliphatic rings. The number of β-amino-alcohol motifs (C(OH)–C–C–N with tert-alkyl or cyclic N) is 1. The number of hydrogen-bond donors (Lipinski definition) is 1. The predicted octanol–water partition coefficient (Wildman–Crippen LogP) is 2.36. The zero-order valence-electron chi connectivity index (χ0n) is 11.3. The molecule has 1 saturated heterocycles. The summed E-state index contributed by atoms with van der Waals surface area (Å²) in [5, 5.41) is 9.72. The topological polar surface area (TPSA) is 40.5 Å². The zero-order valence-corrected chi connectivity index (χ0v) is 11.3. The fourth-order valence-electron chi connectivity index (χ4n) is 2.56. The van der Waals surface area contributed by atoms with E-state index in [1.807, 2.05) is 0 Å². The molecule has 1 aromatic rings. The van der Waals surface area contributed by atoms with Crippen molar-refractivity contribution in [3.63, 3.8) is 0 Å². The van der Waals surface area contributed by atoms with Gasteiger partial charge in [-0.3, -0.25) is 4.79 Å². The third-order valence-corrected chi connectivity index (χ3v) is 3.40. The molecule has 1 N–H and O–H groups in total. The fraction of sp³-hybridized carbons (Fsp3) is 0.400. The summed E-state index contributed by atoms with van der Waals surface area (Å²) >= 11 is 0. The Hall–Kier alpha value is -2.00. The van der Waals surface area contributed by atoms with Gasteiger partial charge in [0.2, 0.25) is 0 Å². The largest absolute Gasteiger partial charge is 0.416 e. The number of likely N-dealkylation sites (tertiary alicyclic amines) is 1. The van der Waals surface area contributed by atoms with Gasteiger partial charge in [0, 0.05) is 6.54 Å². The van der Waals surface area contributed by atoms with Crippen LogP contribution in [0.1, 0.15) is 30.5 Å². The van der Waals surface area contributed by atoms with Crippen LogP contribution in [-0.2, 0) is 11.0 Å². The van der Waals surface area contributed by atoms with Gasteiger partial charge >= 0.3 is 6.18 Å². The van der Waals surface area contributed by atoms with Crippen molar-refractivity contribution in [1.82, 2.24) is 4.90 Å². The van der Waals surface area contributed by atoms with Crippen LogP contribution in [0.2, 0.25) is 0 Å². The molecule has 0 bridgehead atoms. The van der Waals surface area contributed by atoms with Crippen molar-refractivity contribution in [1.29, 1.82) is 0 Å². The van der Waals surface area contributed by atoms with E-state index in [-0.39, 0.29) is 18.5 Å². The molecule has 0 aliphatic carbocycles. The Morgan fingerprint density at radius 1 is 1.38 bits per heavy atom. The average Bonchev–Trinajstić information content (AvgIpc) is 2.80. The lowest BCUT2D eigenvalue weighted by molar-refractivity contribution is -0.139. The van der Waals surface area contributed by atoms with Crippen LogP contribution in [0.3, 0.4) is 0 Å². The van der Waals surface area contributed by atoms with E-state index in [4.69, 9.17) is 0 Å². The number of halogens is 3. The van der Waals surface area contributed by atoms with Gasteiger partial charge < -0.3 is 10.0 Å². The molecule has 21 heavy (non-hydrogen) atoms. The average molecular weight is 297 g/mol. The van der Waals surface area contributed by atoms with Crippen LogP contribution in [0.5, 0.6) is 0 Å². The van der Waals surface area contributed by atoms with Gasteiger partial charge in [-0.15, -0.1) is 0 Å². The van der Waals surface area contributed by atoms with E-state index in [1.165, 1.54) is 30.0 Å². The number of nitrogens with zero attached hydrogens (tertiary/aromatic N) is 1. The fourth-order valence-corrected chi connectivity index (χ4v) is 2.56. The minimum Gasteiger partial charge on any atom is -0.391 e. The number of alkyl halides is 3. The molecule has 3 nitrogen and oxygen atoms in total. The maximum Gasteiger partial charge on any atom is 0.416 e. The number of hydrogen-bond acceptors (Lipinski definition) is 2. The lowest BCUT2D eigenvalue weighted by Crippen LogP contribution is -2.31. The van der Waals surface area contributed by atoms with Gasteiger partial charge in [0.05, 0.1) is 17.7 Å². The maximum atomic E-state index is 13.1. The number of aliphatic hydroxyl groups excluding tert-OH is 1. The van der Waals surface area contributed by atoms with Crippen LogP contribution in [-0.4, -0.2) is 28.6 Å². The van der Waals surface area contributed by atoms with Crippen LogP contribution >= 0.6 is 0 Å². The van der Waals surface area contributed by atoms with E-state index >= 15 is 0 Å². The molecule has 1 fully saturated rings. The van der Waals surface area contributed by atoms with E-state index in [2.05, 4.69) is 11.8 Å². The first-order valence-corrected chi connectivity index (χ1v) is 6.42. The highest BCUT2D eigenvalue weighted by atomic mass is 19.4. The summed E-state index contributed by atoms with van der Waals surface area (Å²) in [6.45, 7) is 1.47. The Morgan fingerprint density at radius 3 is 2.67 bits per heavy atom. The highest BCUT2D eigenvalue weighted by molar-refractivity contribution is 5.94. The third kappa shape index (κ3) is 3.19. The molecule has 2 rings (SSSR count). The molecule has 0 spiro atoms. The number of carbonyl (C=O) groups excluding carboxylic acids is 1. The second kappa shape index (κ2) is 5.78. The standard InChI is InChI=1S/C15H14F3NO2/c1-2-5-14(21)19-9-10(20)8-13(19)11-6-3-4-7-12(11)15(16,17)18/h3-4,6-7,10,13,20H,8-9H2,1H3/t10-,13+/m0/s1. The van der Waals surface area contributed by atoms with Crippen LogP contribution in [0.15, 0.2) is 24.3 Å². The van der Waals surface area contributed by atoms with Crippen molar-refractivity contribution >= 4 is 5.91 Å². The summed E-state index contributed by atoms with van der Waals surface area (Å²) in [7, 11) is 0. The van der Waals surface area contributed by atoms with E-state index in [0.29, 0.717) is 0 Å². The van der Waals surface area contributed by atoms with Gasteiger partial charge in [0.15, 0.2) is 0 Å². The van der Waals surface area contributed by atoms with Crippen molar-refractivity contribution < 1.29 is 23.1 Å². The molecule has 1 amide bonds. The first-order valence-electron chi connectivity index (χ1n) is 6.42. The van der Waals surface area contributed by atoms with Gasteiger partial charge in [-0.05, 0) is 30.9 Å². The number of benzene rings is 1. The van der Waals surface area contributed by atoms with Crippen LogP contribution in [0.25, 0.3) is 0 Å². The molecular weight excluding hydrogens is 283 g/mol. The first kappa shape index (κ1) is 15.4. The Bertz CT molecular complexity index is 601. The quantitative estimate of drug-likeness (QED) is 0.808. The van der Waals surface area contributed by atoms with E-state index in [9.17, 15) is 23.1 Å². The maximum absolute atomic E-state index is 13.1. The van der Waals surface area contributed by atoms with Crippen LogP contribution < -0.4 is 0 Å². The number of amides is 1. The van der Waals surface area contributed by atoms with Crippen molar-refractivity contribution in [3.8, 4) is 11.8 Å². The summed E-state index contributed by atoms with van der Waals surface area (Å²) in [6, 6.07) is 4.30. The van der Waals surface area contributed by atoms with Crippen molar-refractivity contribution in [2.45, 2.75) is 31.7 Å². The van der Waals surface area contributed by atoms with Gasteiger partial charge in [0.25, 0.3) is 5.91 Å². The van der Waals surface area contributed by atoms with Gasteiger partial charge in [-0.1, -0.05) is 24.1 Å². The normalized spacial score (nSPS) is 21.9. The minimum atomic E-state index is -4.50. The Kier molecular flexibility index (Phi) is 4.24. The summed E-state index contributed by atoms with van der Waals surface area (Å²) in [4.78, 5) is 13.1. The molecule has 1 aromatic carbocycles. The molecule has 1 heterocycles. The first-order chi connectivity index (χ1) is 9.84. The number of carbonyl (C=O) groups is 1. The SMILES string of the molecule is CC#CC(=O)N1C[C@@H](O)C[C@@H]1c1ccccc1C(F)(F)F. The van der Waals surface area contributed by atoms with E-state index in [1.54, 1.807) is 0 Å². The summed E-state index contributed by atoms with van der Waals surface area (Å²) in [5.74, 6) is 4.17. The smallest absolute Gasteiger partial charge is 0.391 e. The summed E-state index contributed by atoms with van der Waals surface area (Å²) in [6.07, 6.45) is -5.28. The molecule has 0 aromatic heterocycles. The summed E-state index contributed by atoms with van der Waals surface area (Å²) < 4.78 is 39.2. The van der Waals surface area contributed by atoms with Crippen molar-refractivity contribution in [2.24, 2.45) is 0 Å². The monoisotopic (exact) mass is 297 g/mol. The molecule has 6 heteroatoms. The van der Waals surface area contributed by atoms with Gasteiger partial charge in [-0.25, -0.2) is 0 Å². The minimum absolute atomic E-state index is 0.00666. The number of rotatable bonds is 1. The third-order valence-electron chi connectivity index (χ3n) is 3.40. The predicted molar refractivity (Wildman–Crippen MR) is 70.0 cm³/mol. The lowest BCUT2D eigenvalue weighted by atomic mass is 9.97. The van der Waals surface area contributed by atoms with Crippen LogP contribution in [0, 0.1) is 11.8 Å². The second-order valence-electron chi connectivity index (χ2n) is 4.82. The Balaban J connectivity index is 2.44. The molecule has 112 valence electrons. The molecule has 2 atom stereocenters. The zero-order chi connectivity index (χ0) is 15.6. The van der Waals surface area contributed by atoms with E-state index < -0.39 is 29.8 Å². The molecule has 0 radical (unpaired) electrons. The summed E-state index contributed by atoms with van der Waals surface area (Å²) in [5.41, 5.74) is -0.792. The Labute approximate surface area is 120 Å². The lowest BCUT2D eigenvalue weighted by Gasteiger charge is -2.25. The Morgan fingerprint density at radius 2 is 2.05 bits per heavy atom. The van der Waals surface area contributed by atoms with Crippen molar-refractivity contribution in [3.05, 3.63) is 35.4 Å². The second-order valence-corrected chi connectivity index (χ2v) is 4.82. The molecule has 1 aliphatic heterocycles. The molecule has 0 saturated carbocycles. The molecular formula is C15H14F3NO2. The van der Waals surface area contributed by atoms with Crippen molar-refractivity contribution in [2.75, 3.05) is 6.54 Å². The highest BCUT2D eigenvalue weighted by Gasteiger charge is 2.41. The highest BCUT2D eigenvalue weighted by Crippen LogP contribution is 2.40. The van der Waals surface area contributed by atoms with Crippen LogP contribution in [0.4, 0.5) is 13.2 Å². The van der Waals surface area contributed by atoms with E-state index in [0.717, 1.165) is 6.07 Å². The van der Waals surface area contributed by atoms with Gasteiger partial charge in [-0.2, -0.15) is 13.2 Å². The number of aliphatic hydroxyl groups is 1. The van der Waals surface area contributed by atoms with Gasteiger partial charge in [0.1, 0.15) is 0 Å².